The number of hydrogen-bond acceptors (Lipinski definition) is 3. The molecule has 0 unspecified atom stereocenters. The van der Waals surface area contributed by atoms with Gasteiger partial charge in [-0.15, -0.1) is 0 Å². The number of rotatable bonds is 7. The summed E-state index contributed by atoms with van der Waals surface area (Å²) in [6.07, 6.45) is 0.0914. The van der Waals surface area contributed by atoms with E-state index in [1.807, 2.05) is 26.0 Å². The first-order chi connectivity index (χ1) is 12.2. The third-order valence-electron chi connectivity index (χ3n) is 4.18. The van der Waals surface area contributed by atoms with Crippen LogP contribution in [0.1, 0.15) is 23.1 Å². The molecule has 0 saturated carbocycles. The molecule has 0 fully saturated rings. The average Bonchev–Trinajstić information content (AvgIpc) is 2.59. The van der Waals surface area contributed by atoms with E-state index in [4.69, 9.17) is 11.6 Å². The van der Waals surface area contributed by atoms with Gasteiger partial charge in [-0.1, -0.05) is 29.8 Å². The van der Waals surface area contributed by atoms with Crippen LogP contribution >= 0.6 is 11.6 Å². The maximum atomic E-state index is 12.3. The van der Waals surface area contributed by atoms with E-state index >= 15 is 0 Å². The van der Waals surface area contributed by atoms with Crippen LogP contribution in [0.25, 0.3) is 0 Å². The molecule has 7 heteroatoms. The van der Waals surface area contributed by atoms with Crippen LogP contribution in [0.2, 0.25) is 5.02 Å². The molecule has 140 valence electrons. The highest BCUT2D eigenvalue weighted by Gasteiger charge is 2.16. The Hall–Kier alpha value is -1.89. The second kappa shape index (κ2) is 8.66. The monoisotopic (exact) mass is 394 g/mol. The normalized spacial score (nSPS) is 11.4. The molecule has 0 aliphatic rings. The summed E-state index contributed by atoms with van der Waals surface area (Å²) >= 11 is 5.85. The lowest BCUT2D eigenvalue weighted by Crippen LogP contribution is -2.32. The Morgan fingerprint density at radius 1 is 1.08 bits per heavy atom. The molecule has 0 atom stereocenters. The van der Waals surface area contributed by atoms with Crippen LogP contribution in [0.5, 0.6) is 0 Å². The molecule has 0 heterocycles. The maximum Gasteiger partial charge on any atom is 0.240 e. The largest absolute Gasteiger partial charge is 0.341 e. The summed E-state index contributed by atoms with van der Waals surface area (Å²) in [6.45, 7) is 4.29. The average molecular weight is 395 g/mol. The van der Waals surface area contributed by atoms with Gasteiger partial charge in [0, 0.05) is 31.6 Å². The van der Waals surface area contributed by atoms with E-state index in [0.29, 0.717) is 11.6 Å². The molecule has 2 aromatic carbocycles. The molecular weight excluding hydrogens is 372 g/mol. The Bertz CT molecular complexity index is 880. The highest BCUT2D eigenvalue weighted by Crippen LogP contribution is 2.15. The number of nitrogens with zero attached hydrogens (tertiary/aromatic N) is 1. The second-order valence-corrected chi connectivity index (χ2v) is 8.47. The molecular formula is C19H23ClN2O3S. The van der Waals surface area contributed by atoms with Crippen molar-refractivity contribution in [3.8, 4) is 0 Å². The van der Waals surface area contributed by atoms with Crippen LogP contribution in [-0.2, 0) is 21.4 Å². The van der Waals surface area contributed by atoms with Gasteiger partial charge in [-0.25, -0.2) is 13.1 Å². The number of hydrogen-bond donors (Lipinski definition) is 1. The topological polar surface area (TPSA) is 66.5 Å². The summed E-state index contributed by atoms with van der Waals surface area (Å²) in [4.78, 5) is 14.0. The Labute approximate surface area is 160 Å². The Balaban J connectivity index is 1.88. The molecule has 26 heavy (non-hydrogen) atoms. The van der Waals surface area contributed by atoms with Gasteiger partial charge in [0.2, 0.25) is 15.9 Å². The summed E-state index contributed by atoms with van der Waals surface area (Å²) < 4.78 is 27.1. The standard InChI is InChI=1S/C19H23ClN2O3S/c1-14-4-9-18(12-15(14)2)26(24,25)21-11-10-19(23)22(3)13-16-5-7-17(20)8-6-16/h4-9,12,21H,10-11,13H2,1-3H3. The first-order valence-electron chi connectivity index (χ1n) is 8.24. The van der Waals surface area contributed by atoms with Crippen molar-refractivity contribution in [3.63, 3.8) is 0 Å². The SMILES string of the molecule is Cc1ccc(S(=O)(=O)NCCC(=O)N(C)Cc2ccc(Cl)cc2)cc1C. The van der Waals surface area contributed by atoms with Crippen LogP contribution in [0, 0.1) is 13.8 Å². The molecule has 0 aliphatic carbocycles. The van der Waals surface area contributed by atoms with Crippen molar-refractivity contribution < 1.29 is 13.2 Å². The number of amides is 1. The Morgan fingerprint density at radius 2 is 1.73 bits per heavy atom. The van der Waals surface area contributed by atoms with Crippen LogP contribution in [0.15, 0.2) is 47.4 Å². The second-order valence-electron chi connectivity index (χ2n) is 6.27. The van der Waals surface area contributed by atoms with E-state index in [9.17, 15) is 13.2 Å². The number of carbonyl (C=O) groups is 1. The van der Waals surface area contributed by atoms with Gasteiger partial charge in [-0.05, 0) is 54.8 Å². The van der Waals surface area contributed by atoms with Gasteiger partial charge in [-0.2, -0.15) is 0 Å². The molecule has 0 saturated heterocycles. The third kappa shape index (κ3) is 5.56. The fraction of sp³-hybridized carbons (Fsp3) is 0.316. The smallest absolute Gasteiger partial charge is 0.240 e. The minimum atomic E-state index is -3.62. The highest BCUT2D eigenvalue weighted by molar-refractivity contribution is 7.89. The van der Waals surface area contributed by atoms with Crippen molar-refractivity contribution in [1.82, 2.24) is 9.62 Å². The predicted molar refractivity (Wildman–Crippen MR) is 104 cm³/mol. The molecule has 5 nitrogen and oxygen atoms in total. The summed E-state index contributed by atoms with van der Waals surface area (Å²) in [5.74, 6) is -0.136. The minimum Gasteiger partial charge on any atom is -0.341 e. The van der Waals surface area contributed by atoms with Gasteiger partial charge in [0.25, 0.3) is 0 Å². The third-order valence-corrected chi connectivity index (χ3v) is 5.89. The molecule has 0 bridgehead atoms. The van der Waals surface area contributed by atoms with Gasteiger partial charge >= 0.3 is 0 Å². The van der Waals surface area contributed by atoms with Crippen LogP contribution in [0.3, 0.4) is 0 Å². The molecule has 0 spiro atoms. The van der Waals surface area contributed by atoms with E-state index in [1.165, 1.54) is 0 Å². The van der Waals surface area contributed by atoms with Crippen LogP contribution in [-0.4, -0.2) is 32.8 Å². The van der Waals surface area contributed by atoms with E-state index in [0.717, 1.165) is 16.7 Å². The number of nitrogens with one attached hydrogen (secondary N) is 1. The van der Waals surface area contributed by atoms with Crippen molar-refractivity contribution >= 4 is 27.5 Å². The first-order valence-corrected chi connectivity index (χ1v) is 10.1. The number of aryl methyl sites for hydroxylation is 2. The predicted octanol–water partition coefficient (Wildman–Crippen LogP) is 3.28. The number of carbonyl (C=O) groups excluding carboxylic acids is 1. The quantitative estimate of drug-likeness (QED) is 0.783. The number of benzene rings is 2. The lowest BCUT2D eigenvalue weighted by Gasteiger charge is -2.17. The van der Waals surface area contributed by atoms with Gasteiger partial charge in [-0.3, -0.25) is 4.79 Å². The van der Waals surface area contributed by atoms with Crippen molar-refractivity contribution in [2.75, 3.05) is 13.6 Å². The van der Waals surface area contributed by atoms with Crippen molar-refractivity contribution in [1.29, 1.82) is 0 Å². The Morgan fingerprint density at radius 3 is 2.35 bits per heavy atom. The van der Waals surface area contributed by atoms with E-state index < -0.39 is 10.0 Å². The zero-order valence-corrected chi connectivity index (χ0v) is 16.7. The van der Waals surface area contributed by atoms with E-state index in [2.05, 4.69) is 4.72 Å². The Kier molecular flexibility index (Phi) is 6.81. The first kappa shape index (κ1) is 20.4. The molecule has 0 radical (unpaired) electrons. The summed E-state index contributed by atoms with van der Waals surface area (Å²) in [5.41, 5.74) is 2.90. The summed E-state index contributed by atoms with van der Waals surface area (Å²) in [5, 5.41) is 0.642. The fourth-order valence-electron chi connectivity index (χ4n) is 2.40. The summed E-state index contributed by atoms with van der Waals surface area (Å²) in [7, 11) is -1.93. The van der Waals surface area contributed by atoms with Gasteiger partial charge in [0.15, 0.2) is 0 Å². The van der Waals surface area contributed by atoms with Crippen molar-refractivity contribution in [3.05, 3.63) is 64.2 Å². The summed E-state index contributed by atoms with van der Waals surface area (Å²) in [6, 6.07) is 12.2. The maximum absolute atomic E-state index is 12.3. The number of halogens is 1. The molecule has 1 amide bonds. The lowest BCUT2D eigenvalue weighted by atomic mass is 10.1. The highest BCUT2D eigenvalue weighted by atomic mass is 35.5. The zero-order valence-electron chi connectivity index (χ0n) is 15.1. The molecule has 1 N–H and O–H groups in total. The minimum absolute atomic E-state index is 0.0546. The fourth-order valence-corrected chi connectivity index (χ4v) is 3.64. The van der Waals surface area contributed by atoms with Crippen molar-refractivity contribution in [2.45, 2.75) is 31.7 Å². The van der Waals surface area contributed by atoms with Crippen LogP contribution in [0.4, 0.5) is 0 Å². The van der Waals surface area contributed by atoms with E-state index in [-0.39, 0.29) is 23.8 Å². The molecule has 0 aromatic heterocycles. The number of sulfonamides is 1. The van der Waals surface area contributed by atoms with Gasteiger partial charge in [0.1, 0.15) is 0 Å². The van der Waals surface area contributed by atoms with Crippen LogP contribution < -0.4 is 4.72 Å². The lowest BCUT2D eigenvalue weighted by molar-refractivity contribution is -0.130. The molecule has 2 rings (SSSR count). The van der Waals surface area contributed by atoms with Crippen molar-refractivity contribution in [2.24, 2.45) is 0 Å². The zero-order chi connectivity index (χ0) is 19.3. The van der Waals surface area contributed by atoms with Gasteiger partial charge in [0.05, 0.1) is 4.90 Å². The van der Waals surface area contributed by atoms with Gasteiger partial charge < -0.3 is 4.90 Å². The molecule has 0 aliphatic heterocycles. The molecule has 2 aromatic rings. The van der Waals surface area contributed by atoms with E-state index in [1.54, 1.807) is 42.3 Å².